The van der Waals surface area contributed by atoms with Crippen LogP contribution in [0.4, 0.5) is 0 Å². The molecule has 2 fully saturated rings. The van der Waals surface area contributed by atoms with Crippen LogP contribution in [0.3, 0.4) is 0 Å². The summed E-state index contributed by atoms with van der Waals surface area (Å²) in [7, 11) is -0.840. The number of hydrogen-bond donors (Lipinski definition) is 0. The fraction of sp³-hybridized carbons (Fsp3) is 0.619. The second kappa shape index (κ2) is 7.95. The SMILES string of the molecule is C#CCC1CCN(C2CCN(S(C)(C)c3ccccc3)CC2)CC1. The monoisotopic (exact) mass is 344 g/mol. The van der Waals surface area contributed by atoms with Gasteiger partial charge in [0.2, 0.25) is 0 Å². The van der Waals surface area contributed by atoms with Gasteiger partial charge < -0.3 is 4.90 Å². The quantitative estimate of drug-likeness (QED) is 0.755. The molecule has 24 heavy (non-hydrogen) atoms. The molecule has 2 heterocycles. The first-order valence-electron chi connectivity index (χ1n) is 9.32. The number of benzene rings is 1. The summed E-state index contributed by atoms with van der Waals surface area (Å²) < 4.78 is 2.75. The highest BCUT2D eigenvalue weighted by Gasteiger charge is 2.32. The molecule has 0 radical (unpaired) electrons. The van der Waals surface area contributed by atoms with Gasteiger partial charge in [0.1, 0.15) is 0 Å². The van der Waals surface area contributed by atoms with Crippen molar-refractivity contribution in [2.75, 3.05) is 38.7 Å². The molecule has 2 aliphatic heterocycles. The Bertz CT molecular complexity index is 547. The minimum atomic E-state index is -0.840. The van der Waals surface area contributed by atoms with Crippen molar-refractivity contribution in [1.82, 2.24) is 9.21 Å². The Labute approximate surface area is 150 Å². The second-order valence-electron chi connectivity index (χ2n) is 7.63. The van der Waals surface area contributed by atoms with E-state index in [1.54, 1.807) is 0 Å². The fourth-order valence-corrected chi connectivity index (χ4v) is 6.50. The Balaban J connectivity index is 1.52. The Hall–Kier alpha value is -0.950. The third-order valence-corrected chi connectivity index (χ3v) is 9.04. The van der Waals surface area contributed by atoms with E-state index in [2.05, 4.69) is 58.0 Å². The van der Waals surface area contributed by atoms with Crippen molar-refractivity contribution >= 4 is 10.2 Å². The highest BCUT2D eigenvalue weighted by atomic mass is 32.3. The molecular weight excluding hydrogens is 312 g/mol. The smallest absolute Gasteiger partial charge is 0.0120 e. The Morgan fingerprint density at radius 3 is 2.21 bits per heavy atom. The maximum Gasteiger partial charge on any atom is 0.0120 e. The first kappa shape index (κ1) is 17.9. The molecule has 0 N–H and O–H groups in total. The van der Waals surface area contributed by atoms with Gasteiger partial charge in [0.25, 0.3) is 0 Å². The Morgan fingerprint density at radius 2 is 1.62 bits per heavy atom. The van der Waals surface area contributed by atoms with Crippen LogP contribution in [-0.4, -0.2) is 53.9 Å². The van der Waals surface area contributed by atoms with Gasteiger partial charge >= 0.3 is 0 Å². The summed E-state index contributed by atoms with van der Waals surface area (Å²) in [5.74, 6) is 3.62. The van der Waals surface area contributed by atoms with Crippen molar-refractivity contribution in [3.05, 3.63) is 30.3 Å². The van der Waals surface area contributed by atoms with Crippen molar-refractivity contribution in [1.29, 1.82) is 0 Å². The van der Waals surface area contributed by atoms with Gasteiger partial charge in [-0.2, -0.15) is 10.2 Å². The Kier molecular flexibility index (Phi) is 5.92. The Morgan fingerprint density at radius 1 is 1.00 bits per heavy atom. The van der Waals surface area contributed by atoms with Gasteiger partial charge in [-0.15, -0.1) is 12.3 Å². The van der Waals surface area contributed by atoms with Crippen molar-refractivity contribution in [2.45, 2.75) is 43.0 Å². The van der Waals surface area contributed by atoms with E-state index in [1.165, 1.54) is 56.8 Å². The van der Waals surface area contributed by atoms with Crippen LogP contribution < -0.4 is 0 Å². The van der Waals surface area contributed by atoms with Crippen LogP contribution in [0.1, 0.15) is 32.1 Å². The topological polar surface area (TPSA) is 6.48 Å². The van der Waals surface area contributed by atoms with Crippen molar-refractivity contribution in [3.63, 3.8) is 0 Å². The molecule has 3 heteroatoms. The molecule has 0 amide bonds. The first-order chi connectivity index (χ1) is 11.6. The lowest BCUT2D eigenvalue weighted by Crippen LogP contribution is -2.48. The van der Waals surface area contributed by atoms with E-state index < -0.39 is 10.2 Å². The number of nitrogens with zero attached hydrogens (tertiary/aromatic N) is 2. The lowest BCUT2D eigenvalue weighted by molar-refractivity contribution is 0.0993. The number of hydrogen-bond acceptors (Lipinski definition) is 2. The zero-order chi connectivity index (χ0) is 17.0. The summed E-state index contributed by atoms with van der Waals surface area (Å²) in [5, 5.41) is 0. The summed E-state index contributed by atoms with van der Waals surface area (Å²) >= 11 is 0. The van der Waals surface area contributed by atoms with Crippen molar-refractivity contribution < 1.29 is 0 Å². The van der Waals surface area contributed by atoms with E-state index in [0.717, 1.165) is 18.4 Å². The first-order valence-corrected chi connectivity index (χ1v) is 11.7. The molecule has 1 aromatic rings. The van der Waals surface area contributed by atoms with Crippen LogP contribution in [0.15, 0.2) is 35.2 Å². The molecule has 0 spiro atoms. The normalized spacial score (nSPS) is 23.0. The van der Waals surface area contributed by atoms with E-state index in [0.29, 0.717) is 0 Å². The van der Waals surface area contributed by atoms with E-state index in [1.807, 2.05) is 0 Å². The minimum absolute atomic E-state index is 0.771. The molecule has 0 atom stereocenters. The van der Waals surface area contributed by atoms with Gasteiger partial charge in [-0.05, 0) is 69.3 Å². The van der Waals surface area contributed by atoms with Crippen LogP contribution in [0.2, 0.25) is 0 Å². The molecule has 3 rings (SSSR count). The molecule has 0 aliphatic carbocycles. The van der Waals surface area contributed by atoms with Crippen LogP contribution in [0.25, 0.3) is 0 Å². The zero-order valence-electron chi connectivity index (χ0n) is 15.3. The number of rotatable bonds is 4. The van der Waals surface area contributed by atoms with Crippen LogP contribution >= 0.6 is 10.2 Å². The molecule has 2 saturated heterocycles. The molecule has 1 aromatic carbocycles. The van der Waals surface area contributed by atoms with Gasteiger partial charge in [-0.25, -0.2) is 0 Å². The largest absolute Gasteiger partial charge is 0.300 e. The molecule has 0 unspecified atom stereocenters. The molecule has 0 saturated carbocycles. The predicted octanol–water partition coefficient (Wildman–Crippen LogP) is 4.22. The van der Waals surface area contributed by atoms with Gasteiger partial charge in [0.15, 0.2) is 0 Å². The summed E-state index contributed by atoms with van der Waals surface area (Å²) in [5.41, 5.74) is 0. The highest BCUT2D eigenvalue weighted by molar-refractivity contribution is 8.30. The minimum Gasteiger partial charge on any atom is -0.300 e. The van der Waals surface area contributed by atoms with Crippen LogP contribution in [-0.2, 0) is 0 Å². The fourth-order valence-electron chi connectivity index (χ4n) is 4.26. The number of terminal acetylenes is 1. The summed E-state index contributed by atoms with van der Waals surface area (Å²) in [6, 6.07) is 11.9. The van der Waals surface area contributed by atoms with E-state index >= 15 is 0 Å². The van der Waals surface area contributed by atoms with Crippen LogP contribution in [0, 0.1) is 18.3 Å². The predicted molar refractivity (Wildman–Crippen MR) is 106 cm³/mol. The zero-order valence-corrected chi connectivity index (χ0v) is 16.1. The standard InChI is InChI=1S/C21H32N2S/c1-4-8-19-11-15-22(16-12-19)20-13-17-23(18-14-20)24(2,3)21-9-6-5-7-10-21/h1,5-7,9-10,19-20H,8,11-18H2,2-3H3. The molecular formula is C21H32N2S. The second-order valence-corrected chi connectivity index (χ2v) is 11.2. The highest BCUT2D eigenvalue weighted by Crippen LogP contribution is 2.53. The van der Waals surface area contributed by atoms with Gasteiger partial charge in [-0.1, -0.05) is 18.2 Å². The summed E-state index contributed by atoms with van der Waals surface area (Å²) in [4.78, 5) is 4.26. The molecule has 2 nitrogen and oxygen atoms in total. The third kappa shape index (κ3) is 3.99. The van der Waals surface area contributed by atoms with E-state index in [9.17, 15) is 0 Å². The molecule has 0 bridgehead atoms. The van der Waals surface area contributed by atoms with Gasteiger partial charge in [0.05, 0.1) is 0 Å². The van der Waals surface area contributed by atoms with Gasteiger partial charge in [0, 0.05) is 30.4 Å². The average molecular weight is 345 g/mol. The third-order valence-electron chi connectivity index (χ3n) is 5.96. The maximum atomic E-state index is 5.47. The number of likely N-dealkylation sites (tertiary alicyclic amines) is 1. The lowest BCUT2D eigenvalue weighted by Gasteiger charge is -2.49. The summed E-state index contributed by atoms with van der Waals surface area (Å²) in [6.07, 6.45) is 16.6. The molecule has 2 aliphatic rings. The van der Waals surface area contributed by atoms with E-state index in [-0.39, 0.29) is 0 Å². The average Bonchev–Trinajstić information content (AvgIpc) is 2.63. The molecule has 132 valence electrons. The lowest BCUT2D eigenvalue weighted by atomic mass is 9.92. The summed E-state index contributed by atoms with van der Waals surface area (Å²) in [6.45, 7) is 5.00. The van der Waals surface area contributed by atoms with Gasteiger partial charge in [-0.3, -0.25) is 4.31 Å². The van der Waals surface area contributed by atoms with Crippen molar-refractivity contribution in [3.8, 4) is 12.3 Å². The van der Waals surface area contributed by atoms with Crippen molar-refractivity contribution in [2.24, 2.45) is 5.92 Å². The number of piperidine rings is 2. The van der Waals surface area contributed by atoms with E-state index in [4.69, 9.17) is 6.42 Å². The molecule has 0 aromatic heterocycles. The van der Waals surface area contributed by atoms with Crippen LogP contribution in [0.5, 0.6) is 0 Å². The maximum absolute atomic E-state index is 5.47.